The minimum atomic E-state index is -0.146. The Balaban J connectivity index is 1.57. The molecule has 0 bridgehead atoms. The number of nitrogens with one attached hydrogen (secondary N) is 1. The monoisotopic (exact) mass is 319 g/mol. The Morgan fingerprint density at radius 2 is 2.13 bits per heavy atom. The van der Waals surface area contributed by atoms with Crippen molar-refractivity contribution in [3.63, 3.8) is 0 Å². The van der Waals surface area contributed by atoms with Gasteiger partial charge in [-0.25, -0.2) is 9.48 Å². The van der Waals surface area contributed by atoms with Crippen LogP contribution in [0.1, 0.15) is 25.6 Å². The van der Waals surface area contributed by atoms with E-state index in [1.54, 1.807) is 11.6 Å². The average molecular weight is 319 g/mol. The molecule has 1 fully saturated rings. The fraction of sp³-hybridized carbons (Fsp3) is 0.688. The smallest absolute Gasteiger partial charge is 0.341 e. The third-order valence-corrected chi connectivity index (χ3v) is 4.85. The molecule has 1 atom stereocenters. The van der Waals surface area contributed by atoms with E-state index in [0.29, 0.717) is 12.5 Å². The van der Waals surface area contributed by atoms with E-state index in [2.05, 4.69) is 10.4 Å². The van der Waals surface area contributed by atoms with Gasteiger partial charge in [0.2, 0.25) is 5.91 Å². The van der Waals surface area contributed by atoms with Crippen LogP contribution in [0.2, 0.25) is 0 Å². The first kappa shape index (κ1) is 16.0. The van der Waals surface area contributed by atoms with Crippen LogP contribution in [-0.2, 0) is 24.8 Å². The lowest BCUT2D eigenvalue weighted by Crippen LogP contribution is -2.47. The van der Waals surface area contributed by atoms with Crippen molar-refractivity contribution >= 4 is 5.91 Å². The van der Waals surface area contributed by atoms with Crippen molar-refractivity contribution in [1.82, 2.24) is 24.6 Å². The van der Waals surface area contributed by atoms with Gasteiger partial charge in [0.15, 0.2) is 0 Å². The van der Waals surface area contributed by atoms with Crippen LogP contribution in [0.4, 0.5) is 0 Å². The molecule has 0 spiro atoms. The number of likely N-dealkylation sites (tertiary alicyclic amines) is 1. The van der Waals surface area contributed by atoms with E-state index in [1.807, 2.05) is 24.0 Å². The fourth-order valence-corrected chi connectivity index (χ4v) is 3.47. The molecule has 0 radical (unpaired) electrons. The van der Waals surface area contributed by atoms with Crippen LogP contribution >= 0.6 is 0 Å². The Hall–Kier alpha value is -1.89. The van der Waals surface area contributed by atoms with Crippen LogP contribution in [0.5, 0.6) is 0 Å². The third kappa shape index (κ3) is 3.24. The number of amides is 1. The third-order valence-electron chi connectivity index (χ3n) is 4.85. The van der Waals surface area contributed by atoms with Crippen LogP contribution in [0, 0.1) is 5.92 Å². The number of rotatable bonds is 4. The van der Waals surface area contributed by atoms with E-state index >= 15 is 0 Å². The molecular formula is C16H25N5O2. The summed E-state index contributed by atoms with van der Waals surface area (Å²) in [5, 5.41) is 7.54. The summed E-state index contributed by atoms with van der Waals surface area (Å²) in [5.74, 6) is 1.53. The van der Waals surface area contributed by atoms with E-state index in [-0.39, 0.29) is 17.6 Å². The van der Waals surface area contributed by atoms with E-state index < -0.39 is 0 Å². The fourth-order valence-electron chi connectivity index (χ4n) is 3.47. The predicted octanol–water partition coefficient (Wildman–Crippen LogP) is -0.0892. The summed E-state index contributed by atoms with van der Waals surface area (Å²) in [4.78, 5) is 26.3. The maximum atomic E-state index is 12.4. The molecule has 1 N–H and O–H groups in total. The number of hydrogen-bond acceptors (Lipinski definition) is 4. The van der Waals surface area contributed by atoms with Gasteiger partial charge in [-0.15, -0.1) is 0 Å². The lowest BCUT2D eigenvalue weighted by molar-refractivity contribution is -0.133. The van der Waals surface area contributed by atoms with Gasteiger partial charge in [-0.2, -0.15) is 5.10 Å². The highest BCUT2D eigenvalue weighted by molar-refractivity contribution is 5.84. The number of carbonyl (C=O) groups is 1. The normalized spacial score (nSPS) is 22.0. The number of hydrogen-bond donors (Lipinski definition) is 1. The van der Waals surface area contributed by atoms with Gasteiger partial charge in [-0.1, -0.05) is 12.2 Å². The SMILES string of the molecule is CCn1c(CC2CCN(C(=O)[C@@H]3C=CCN3)CC2)nn(C)c1=O. The average Bonchev–Trinajstić information content (AvgIpc) is 3.17. The quantitative estimate of drug-likeness (QED) is 0.788. The molecule has 126 valence electrons. The van der Waals surface area contributed by atoms with Crippen molar-refractivity contribution in [2.24, 2.45) is 13.0 Å². The van der Waals surface area contributed by atoms with Gasteiger partial charge in [0.1, 0.15) is 11.9 Å². The lowest BCUT2D eigenvalue weighted by atomic mass is 9.93. The molecule has 2 aliphatic rings. The van der Waals surface area contributed by atoms with Crippen molar-refractivity contribution in [1.29, 1.82) is 0 Å². The maximum absolute atomic E-state index is 12.4. The molecule has 7 nitrogen and oxygen atoms in total. The Morgan fingerprint density at radius 1 is 1.39 bits per heavy atom. The zero-order chi connectivity index (χ0) is 16.4. The summed E-state index contributed by atoms with van der Waals surface area (Å²) in [6, 6.07) is -0.146. The summed E-state index contributed by atoms with van der Waals surface area (Å²) < 4.78 is 3.15. The number of aromatic nitrogens is 3. The van der Waals surface area contributed by atoms with Crippen LogP contribution < -0.4 is 11.0 Å². The molecule has 3 rings (SSSR count). The highest BCUT2D eigenvalue weighted by Crippen LogP contribution is 2.21. The summed E-state index contributed by atoms with van der Waals surface area (Å²) >= 11 is 0. The molecular weight excluding hydrogens is 294 g/mol. The molecule has 0 saturated carbocycles. The molecule has 0 aliphatic carbocycles. The van der Waals surface area contributed by atoms with Crippen LogP contribution in [-0.4, -0.2) is 50.8 Å². The van der Waals surface area contributed by atoms with Gasteiger partial charge in [-0.05, 0) is 25.7 Å². The summed E-state index contributed by atoms with van der Waals surface area (Å²) in [6.45, 7) is 4.98. The van der Waals surface area contributed by atoms with E-state index in [9.17, 15) is 9.59 Å². The zero-order valence-corrected chi connectivity index (χ0v) is 13.9. The second-order valence-electron chi connectivity index (χ2n) is 6.35. The zero-order valence-electron chi connectivity index (χ0n) is 13.9. The minimum Gasteiger partial charge on any atom is -0.341 e. The van der Waals surface area contributed by atoms with Crippen molar-refractivity contribution in [3.8, 4) is 0 Å². The van der Waals surface area contributed by atoms with Crippen LogP contribution in [0.15, 0.2) is 16.9 Å². The lowest BCUT2D eigenvalue weighted by Gasteiger charge is -2.33. The highest BCUT2D eigenvalue weighted by Gasteiger charge is 2.28. The number of aryl methyl sites for hydroxylation is 1. The van der Waals surface area contributed by atoms with Crippen LogP contribution in [0.3, 0.4) is 0 Å². The van der Waals surface area contributed by atoms with Crippen molar-refractivity contribution < 1.29 is 4.79 Å². The highest BCUT2D eigenvalue weighted by atomic mass is 16.2. The van der Waals surface area contributed by atoms with Gasteiger partial charge in [0, 0.05) is 39.6 Å². The van der Waals surface area contributed by atoms with Gasteiger partial charge in [0.05, 0.1) is 0 Å². The van der Waals surface area contributed by atoms with Crippen molar-refractivity contribution in [2.75, 3.05) is 19.6 Å². The largest absolute Gasteiger partial charge is 0.345 e. The first-order valence-corrected chi connectivity index (χ1v) is 8.41. The summed E-state index contributed by atoms with van der Waals surface area (Å²) in [7, 11) is 1.70. The second-order valence-corrected chi connectivity index (χ2v) is 6.35. The number of carbonyl (C=O) groups excluding carboxylic acids is 1. The van der Waals surface area contributed by atoms with E-state index in [1.165, 1.54) is 4.68 Å². The Kier molecular flexibility index (Phi) is 4.66. The van der Waals surface area contributed by atoms with Gasteiger partial charge in [0.25, 0.3) is 0 Å². The molecule has 7 heteroatoms. The molecule has 1 aromatic rings. The minimum absolute atomic E-state index is 0.0470. The van der Waals surface area contributed by atoms with Gasteiger partial charge in [-0.3, -0.25) is 14.7 Å². The first-order chi connectivity index (χ1) is 11.1. The van der Waals surface area contributed by atoms with Gasteiger partial charge < -0.3 is 4.90 Å². The standard InChI is InChI=1S/C16H25N5O2/c1-3-21-14(18-19(2)16(21)23)11-12-6-9-20(10-7-12)15(22)13-5-4-8-17-13/h4-5,12-13,17H,3,6-11H2,1-2H3/t13-/m0/s1. The van der Waals surface area contributed by atoms with Gasteiger partial charge >= 0.3 is 5.69 Å². The molecule has 23 heavy (non-hydrogen) atoms. The topological polar surface area (TPSA) is 72.2 Å². The van der Waals surface area contributed by atoms with E-state index in [0.717, 1.165) is 44.7 Å². The molecule has 1 aromatic heterocycles. The molecule has 3 heterocycles. The van der Waals surface area contributed by atoms with Crippen LogP contribution in [0.25, 0.3) is 0 Å². The predicted molar refractivity (Wildman–Crippen MR) is 87.1 cm³/mol. The Bertz CT molecular complexity index is 652. The second kappa shape index (κ2) is 6.70. The molecule has 1 saturated heterocycles. The van der Waals surface area contributed by atoms with Crippen molar-refractivity contribution in [2.45, 2.75) is 38.8 Å². The Labute approximate surface area is 136 Å². The molecule has 0 aromatic carbocycles. The molecule has 1 amide bonds. The number of piperidine rings is 1. The Morgan fingerprint density at radius 3 is 2.74 bits per heavy atom. The van der Waals surface area contributed by atoms with E-state index in [4.69, 9.17) is 0 Å². The molecule has 0 unspecified atom stereocenters. The first-order valence-electron chi connectivity index (χ1n) is 8.41. The summed E-state index contributed by atoms with van der Waals surface area (Å²) in [5.41, 5.74) is -0.0470. The summed E-state index contributed by atoms with van der Waals surface area (Å²) in [6.07, 6.45) is 6.70. The van der Waals surface area contributed by atoms with Crippen molar-refractivity contribution in [3.05, 3.63) is 28.5 Å². The molecule has 2 aliphatic heterocycles. The maximum Gasteiger partial charge on any atom is 0.345 e. The number of nitrogens with zero attached hydrogens (tertiary/aromatic N) is 4.